The highest BCUT2D eigenvalue weighted by Crippen LogP contribution is 2.15. The summed E-state index contributed by atoms with van der Waals surface area (Å²) in [5, 5.41) is 73.7. The van der Waals surface area contributed by atoms with Gasteiger partial charge in [0, 0.05) is 37.9 Å². The molecule has 1 rings (SSSR count). The normalized spacial score (nSPS) is 16.1. The number of hydrogen-bond donors (Lipinski definition) is 20. The Kier molecular flexibility index (Phi) is 33.8. The van der Waals surface area contributed by atoms with Gasteiger partial charge in [0.05, 0.1) is 25.7 Å². The maximum Gasteiger partial charge on any atom is 0.328 e. The average molecular weight is 1260 g/mol. The van der Waals surface area contributed by atoms with Gasteiger partial charge >= 0.3 is 17.9 Å². The van der Waals surface area contributed by atoms with Gasteiger partial charge in [0.2, 0.25) is 70.9 Å². The number of hydrogen-bond acceptors (Lipinski definition) is 19. The van der Waals surface area contributed by atoms with E-state index in [0.29, 0.717) is 0 Å². The zero-order valence-corrected chi connectivity index (χ0v) is 49.6. The van der Waals surface area contributed by atoms with E-state index in [4.69, 9.17) is 22.9 Å². The molecule has 0 aromatic heterocycles. The Morgan fingerprint density at radius 3 is 1.36 bits per heavy atom. The molecule has 0 saturated carbocycles. The summed E-state index contributed by atoms with van der Waals surface area (Å²) in [5.41, 5.74) is 21.6. The summed E-state index contributed by atoms with van der Waals surface area (Å²) >= 11 is 0. The van der Waals surface area contributed by atoms with Crippen LogP contribution in [0.2, 0.25) is 0 Å². The number of guanidine groups is 1. The number of carboxylic acids is 3. The van der Waals surface area contributed by atoms with Gasteiger partial charge < -0.3 is 107 Å². The number of carboxylic acid groups (broad SMARTS) is 3. The molecule has 36 heteroatoms. The number of amides is 12. The first-order chi connectivity index (χ1) is 41.1. The van der Waals surface area contributed by atoms with Crippen molar-refractivity contribution >= 4 is 94.8 Å². The molecule has 494 valence electrons. The van der Waals surface area contributed by atoms with Crippen LogP contribution < -0.4 is 81.4 Å². The van der Waals surface area contributed by atoms with Crippen molar-refractivity contribution in [3.63, 3.8) is 0 Å². The lowest BCUT2D eigenvalue weighted by atomic mass is 10.00. The third-order valence-corrected chi connectivity index (χ3v) is 13.0. The van der Waals surface area contributed by atoms with E-state index in [2.05, 4.69) is 64.7 Å². The first-order valence-corrected chi connectivity index (χ1v) is 28.1. The zero-order valence-electron chi connectivity index (χ0n) is 49.6. The van der Waals surface area contributed by atoms with Crippen LogP contribution in [-0.4, -0.2) is 207 Å². The summed E-state index contributed by atoms with van der Waals surface area (Å²) in [6.45, 7) is 9.76. The van der Waals surface area contributed by atoms with Crippen LogP contribution in [0.15, 0.2) is 17.3 Å². The molecule has 24 N–H and O–H groups in total. The molecule has 1 fully saturated rings. The number of primary amides is 2. The molecular weight excluding hydrogens is 1170 g/mol. The van der Waals surface area contributed by atoms with Crippen LogP contribution in [0.3, 0.4) is 0 Å². The van der Waals surface area contributed by atoms with Crippen LogP contribution in [0.5, 0.6) is 0 Å². The van der Waals surface area contributed by atoms with Gasteiger partial charge in [-0.25, -0.2) is 4.79 Å². The molecule has 0 radical (unpaired) electrons. The summed E-state index contributed by atoms with van der Waals surface area (Å²) in [6.07, 6.45) is -4.42. The van der Waals surface area contributed by atoms with Crippen molar-refractivity contribution in [1.82, 2.24) is 58.5 Å². The minimum Gasteiger partial charge on any atom is -0.481 e. The quantitative estimate of drug-likeness (QED) is 0.0153. The first-order valence-electron chi connectivity index (χ1n) is 28.1. The van der Waals surface area contributed by atoms with Crippen LogP contribution in [-0.2, 0) is 71.9 Å². The van der Waals surface area contributed by atoms with E-state index < -0.39 is 219 Å². The molecule has 0 spiro atoms. The van der Waals surface area contributed by atoms with Crippen LogP contribution in [0, 0.1) is 11.8 Å². The van der Waals surface area contributed by atoms with Crippen molar-refractivity contribution in [3.8, 4) is 0 Å². The second kappa shape index (κ2) is 38.7. The predicted octanol–water partition coefficient (Wildman–Crippen LogP) is -7.79. The van der Waals surface area contributed by atoms with Crippen molar-refractivity contribution in [1.29, 1.82) is 0 Å². The summed E-state index contributed by atoms with van der Waals surface area (Å²) in [6, 6.07) is -16.9. The van der Waals surface area contributed by atoms with Crippen molar-refractivity contribution in [2.45, 2.75) is 185 Å². The lowest BCUT2D eigenvalue weighted by Crippen LogP contribution is -2.60. The fourth-order valence-corrected chi connectivity index (χ4v) is 8.37. The second-order valence-electron chi connectivity index (χ2n) is 21.6. The molecule has 0 bridgehead atoms. The molecule has 0 aromatic carbocycles. The molecule has 36 nitrogen and oxygen atoms in total. The van der Waals surface area contributed by atoms with Gasteiger partial charge in [-0.3, -0.25) is 72.1 Å². The van der Waals surface area contributed by atoms with E-state index in [9.17, 15) is 97.5 Å². The summed E-state index contributed by atoms with van der Waals surface area (Å²) in [4.78, 5) is 198. The highest BCUT2D eigenvalue weighted by atomic mass is 16.4. The number of aliphatic hydroxyl groups excluding tert-OH is 2. The molecule has 0 aliphatic carbocycles. The Balaban J connectivity index is 3.53. The minimum atomic E-state index is -1.80. The molecule has 1 aliphatic heterocycles. The molecule has 0 aromatic rings. The van der Waals surface area contributed by atoms with Crippen LogP contribution in [0.25, 0.3) is 0 Å². The molecule has 1 heterocycles. The Labute approximate surface area is 505 Å². The van der Waals surface area contributed by atoms with Crippen molar-refractivity contribution in [2.75, 3.05) is 19.8 Å². The van der Waals surface area contributed by atoms with Crippen molar-refractivity contribution in [2.24, 2.45) is 39.8 Å². The first kappa shape index (κ1) is 76.8. The smallest absolute Gasteiger partial charge is 0.328 e. The maximum atomic E-state index is 14.2. The predicted molar refractivity (Wildman–Crippen MR) is 307 cm³/mol. The minimum absolute atomic E-state index is 0.00159. The molecule has 1 saturated heterocycles. The molecule has 88 heavy (non-hydrogen) atoms. The number of rotatable bonds is 43. The van der Waals surface area contributed by atoms with Gasteiger partial charge in [-0.2, -0.15) is 0 Å². The second-order valence-corrected chi connectivity index (χ2v) is 21.6. The van der Waals surface area contributed by atoms with E-state index in [-0.39, 0.29) is 62.6 Å². The van der Waals surface area contributed by atoms with E-state index in [1.54, 1.807) is 27.7 Å². The molecule has 11 unspecified atom stereocenters. The van der Waals surface area contributed by atoms with Gasteiger partial charge in [-0.05, 0) is 70.1 Å². The molecule has 12 amide bonds. The summed E-state index contributed by atoms with van der Waals surface area (Å²) < 4.78 is 0. The number of aliphatic carboxylic acids is 3. The zero-order chi connectivity index (χ0) is 67.1. The highest BCUT2D eigenvalue weighted by Gasteiger charge is 2.37. The standard InChI is InChI=1S/C52H86N16O20/c1-23(2)18-32(25(5)58-34(20-38(54)72)49(85)67-35(21-69)50(86)68-36(22-70)51(87)88)65-42(78)26(6)59-43(79)27(8-7-17-57-52(55)56)61-45(81)31(12-16-41(76)77)64-48(84)33(19-24(3)4)66-47(83)29(9-13-37(53)71)62-46(82)30(11-15-40(74)75)63-44(80)28-10-14-39(73)60-28/h23-24,26-36,58,69-70H,5,7-22H2,1-4,6H3,(H2,53,71)(H2,54,72)(H,59,79)(H,60,73)(H,61,81)(H,62,82)(H,63,80)(H,64,84)(H,65,78)(H,66,83)(H,67,85)(H,68,86)(H,74,75)(H,76,77)(H,87,88)(H4,55,56,57). The topological polar surface area (TPSA) is 606 Å². The lowest BCUT2D eigenvalue weighted by molar-refractivity contribution is -0.143. The van der Waals surface area contributed by atoms with Gasteiger partial charge in [-0.1, -0.05) is 34.3 Å². The van der Waals surface area contributed by atoms with Crippen LogP contribution in [0.1, 0.15) is 118 Å². The van der Waals surface area contributed by atoms with Crippen molar-refractivity contribution in [3.05, 3.63) is 12.3 Å². The number of carbonyl (C=O) groups is 15. The van der Waals surface area contributed by atoms with Gasteiger partial charge in [-0.15, -0.1) is 0 Å². The van der Waals surface area contributed by atoms with E-state index in [0.717, 1.165) is 0 Å². The summed E-state index contributed by atoms with van der Waals surface area (Å²) in [5.74, 6) is -17.1. The van der Waals surface area contributed by atoms with Crippen LogP contribution in [0.4, 0.5) is 0 Å². The van der Waals surface area contributed by atoms with Gasteiger partial charge in [0.1, 0.15) is 60.4 Å². The monoisotopic (exact) mass is 1250 g/mol. The van der Waals surface area contributed by atoms with Gasteiger partial charge in [0.15, 0.2) is 5.96 Å². The fraction of sp³-hybridized carbons (Fsp3) is 0.654. The molecule has 11 atom stereocenters. The number of nitrogens with zero attached hydrogens (tertiary/aromatic N) is 1. The van der Waals surface area contributed by atoms with E-state index in [1.165, 1.54) is 6.92 Å². The maximum absolute atomic E-state index is 14.2. The number of aliphatic hydroxyl groups is 2. The van der Waals surface area contributed by atoms with E-state index >= 15 is 0 Å². The van der Waals surface area contributed by atoms with Gasteiger partial charge in [0.25, 0.3) is 0 Å². The number of nitrogens with two attached hydrogens (primary N) is 4. The number of nitrogens with one attached hydrogen (secondary N) is 11. The largest absolute Gasteiger partial charge is 0.481 e. The Morgan fingerprint density at radius 1 is 0.511 bits per heavy atom. The molecular formula is C52H86N16O20. The van der Waals surface area contributed by atoms with Crippen molar-refractivity contribution < 1.29 is 97.5 Å². The average Bonchev–Trinajstić information content (AvgIpc) is 3.88. The van der Waals surface area contributed by atoms with Crippen LogP contribution >= 0.6 is 0 Å². The number of aliphatic imine (C=N–C) groups is 1. The SMILES string of the molecule is C=C(NC(CC(N)=O)C(=O)NC(CO)C(=O)NC(CO)C(=O)O)C(CC(C)C)NC(=O)C(C)NC(=O)C(CCCN=C(N)N)NC(=O)C(CCC(=O)O)NC(=O)C(CC(C)C)NC(=O)C(CCC(N)=O)NC(=O)C(CCC(=O)O)NC(=O)C1CCC(=O)N1. The van der Waals surface area contributed by atoms with E-state index in [1.807, 2.05) is 5.32 Å². The lowest BCUT2D eigenvalue weighted by Gasteiger charge is -2.29. The Bertz CT molecular complexity index is 2560. The number of carbonyl (C=O) groups excluding carboxylic acids is 12. The highest BCUT2D eigenvalue weighted by molar-refractivity contribution is 5.99. The Hall–Kier alpha value is -9.22. The third-order valence-electron chi connectivity index (χ3n) is 13.0. The third kappa shape index (κ3) is 29.7. The fourth-order valence-electron chi connectivity index (χ4n) is 8.37. The Morgan fingerprint density at radius 2 is 0.920 bits per heavy atom. The summed E-state index contributed by atoms with van der Waals surface area (Å²) in [7, 11) is 0. The molecule has 1 aliphatic rings.